The first-order valence-corrected chi connectivity index (χ1v) is 6.54. The fraction of sp³-hybridized carbons (Fsp3) is 0.0588. The predicted molar refractivity (Wildman–Crippen MR) is 83.4 cm³/mol. The van der Waals surface area contributed by atoms with Gasteiger partial charge in [0.1, 0.15) is 17.5 Å². The Bertz CT molecular complexity index is 931. The van der Waals surface area contributed by atoms with Crippen LogP contribution in [0, 0.1) is 18.3 Å². The highest BCUT2D eigenvalue weighted by atomic mass is 16.1. The summed E-state index contributed by atoms with van der Waals surface area (Å²) in [6.07, 6.45) is 0. The van der Waals surface area contributed by atoms with E-state index < -0.39 is 0 Å². The summed E-state index contributed by atoms with van der Waals surface area (Å²) < 4.78 is 1.39. The number of fused-ring (bicyclic) bond motifs is 1. The summed E-state index contributed by atoms with van der Waals surface area (Å²) in [6.45, 7) is 1.97. The number of pyridine rings is 1. The number of benzene rings is 2. The van der Waals surface area contributed by atoms with Gasteiger partial charge in [0.15, 0.2) is 0 Å². The molecule has 0 unspecified atom stereocenters. The van der Waals surface area contributed by atoms with Crippen molar-refractivity contribution >= 4 is 16.6 Å². The second-order valence-electron chi connectivity index (χ2n) is 4.89. The molecule has 3 aromatic rings. The van der Waals surface area contributed by atoms with E-state index in [1.807, 2.05) is 31.2 Å². The molecule has 102 valence electrons. The highest BCUT2D eigenvalue weighted by Gasteiger charge is 2.15. The lowest BCUT2D eigenvalue weighted by Crippen LogP contribution is -2.23. The van der Waals surface area contributed by atoms with Crippen LogP contribution in [0.3, 0.4) is 0 Å². The zero-order valence-electron chi connectivity index (χ0n) is 11.5. The van der Waals surface area contributed by atoms with E-state index in [1.165, 1.54) is 4.57 Å². The minimum Gasteiger partial charge on any atom is -0.384 e. The first-order chi connectivity index (χ1) is 10.1. The van der Waals surface area contributed by atoms with E-state index >= 15 is 0 Å². The van der Waals surface area contributed by atoms with E-state index in [4.69, 9.17) is 5.73 Å². The fourth-order valence-electron chi connectivity index (χ4n) is 2.43. The van der Waals surface area contributed by atoms with Crippen LogP contribution in [0.25, 0.3) is 16.5 Å². The number of aryl methyl sites for hydroxylation is 1. The second kappa shape index (κ2) is 4.80. The zero-order valence-corrected chi connectivity index (χ0v) is 11.5. The van der Waals surface area contributed by atoms with Gasteiger partial charge in [0, 0.05) is 10.8 Å². The Labute approximate surface area is 121 Å². The molecule has 0 spiro atoms. The molecule has 0 aliphatic heterocycles. The fourth-order valence-corrected chi connectivity index (χ4v) is 2.43. The van der Waals surface area contributed by atoms with Gasteiger partial charge in [-0.25, -0.2) is 0 Å². The summed E-state index contributed by atoms with van der Waals surface area (Å²) in [5.74, 6) is 0.171. The van der Waals surface area contributed by atoms with E-state index in [1.54, 1.807) is 24.3 Å². The number of aromatic nitrogens is 1. The molecule has 4 heteroatoms. The Morgan fingerprint density at radius 2 is 1.67 bits per heavy atom. The molecule has 4 nitrogen and oxygen atoms in total. The van der Waals surface area contributed by atoms with Gasteiger partial charge in [-0.15, -0.1) is 0 Å². The zero-order chi connectivity index (χ0) is 15.0. The van der Waals surface area contributed by atoms with Crippen LogP contribution in [0.2, 0.25) is 0 Å². The SMILES string of the molecule is Cc1ccc(-n2c(N)c(C#N)c3ccccc3c2=O)cc1. The van der Waals surface area contributed by atoms with Gasteiger partial charge < -0.3 is 5.73 Å². The summed E-state index contributed by atoms with van der Waals surface area (Å²) in [5, 5.41) is 10.5. The molecule has 2 aromatic carbocycles. The molecule has 0 saturated carbocycles. The molecule has 1 heterocycles. The number of hydrogen-bond acceptors (Lipinski definition) is 3. The quantitative estimate of drug-likeness (QED) is 0.742. The molecule has 0 amide bonds. The van der Waals surface area contributed by atoms with Gasteiger partial charge in [-0.3, -0.25) is 9.36 Å². The Morgan fingerprint density at radius 1 is 1.05 bits per heavy atom. The molecular weight excluding hydrogens is 262 g/mol. The molecule has 3 rings (SSSR count). The van der Waals surface area contributed by atoms with Crippen LogP contribution in [0.5, 0.6) is 0 Å². The highest BCUT2D eigenvalue weighted by Crippen LogP contribution is 2.23. The van der Waals surface area contributed by atoms with Gasteiger partial charge in [0.05, 0.1) is 5.69 Å². The van der Waals surface area contributed by atoms with Crippen LogP contribution >= 0.6 is 0 Å². The minimum absolute atomic E-state index is 0.171. The monoisotopic (exact) mass is 275 g/mol. The van der Waals surface area contributed by atoms with Crippen LogP contribution in [0.1, 0.15) is 11.1 Å². The average Bonchev–Trinajstić information content (AvgIpc) is 2.50. The average molecular weight is 275 g/mol. The van der Waals surface area contributed by atoms with Crippen molar-refractivity contribution in [2.75, 3.05) is 5.73 Å². The van der Waals surface area contributed by atoms with Gasteiger partial charge in [0.25, 0.3) is 5.56 Å². The van der Waals surface area contributed by atoms with Crippen molar-refractivity contribution in [3.8, 4) is 11.8 Å². The Balaban J connectivity index is 2.47. The standard InChI is InChI=1S/C17H13N3O/c1-11-6-8-12(9-7-11)20-16(19)15(10-18)13-4-2-3-5-14(13)17(20)21/h2-9H,19H2,1H3. The number of nitrogen functional groups attached to an aromatic ring is 1. The van der Waals surface area contributed by atoms with E-state index in [-0.39, 0.29) is 11.4 Å². The molecule has 0 fully saturated rings. The van der Waals surface area contributed by atoms with Crippen molar-refractivity contribution in [2.24, 2.45) is 0 Å². The largest absolute Gasteiger partial charge is 0.384 e. The topological polar surface area (TPSA) is 71.8 Å². The lowest BCUT2D eigenvalue weighted by molar-refractivity contribution is 1.02. The molecular formula is C17H13N3O. The Hall–Kier alpha value is -3.06. The maximum absolute atomic E-state index is 12.7. The predicted octanol–water partition coefficient (Wildman–Crippen LogP) is 2.75. The van der Waals surface area contributed by atoms with Crippen LogP contribution in [-0.4, -0.2) is 4.57 Å². The van der Waals surface area contributed by atoms with Crippen molar-refractivity contribution in [1.29, 1.82) is 5.26 Å². The first kappa shape index (κ1) is 12.9. The van der Waals surface area contributed by atoms with Crippen molar-refractivity contribution in [3.05, 3.63) is 70.0 Å². The highest BCUT2D eigenvalue weighted by molar-refractivity contribution is 5.91. The summed E-state index contributed by atoms with van der Waals surface area (Å²) >= 11 is 0. The Morgan fingerprint density at radius 3 is 2.29 bits per heavy atom. The van der Waals surface area contributed by atoms with E-state index in [0.717, 1.165) is 5.56 Å². The van der Waals surface area contributed by atoms with E-state index in [9.17, 15) is 10.1 Å². The third kappa shape index (κ3) is 1.96. The second-order valence-corrected chi connectivity index (χ2v) is 4.89. The Kier molecular flexibility index (Phi) is 2.96. The lowest BCUT2D eigenvalue weighted by Gasteiger charge is -2.13. The molecule has 2 N–H and O–H groups in total. The maximum Gasteiger partial charge on any atom is 0.264 e. The smallest absolute Gasteiger partial charge is 0.264 e. The van der Waals surface area contributed by atoms with Crippen LogP contribution in [0.4, 0.5) is 5.82 Å². The van der Waals surface area contributed by atoms with Crippen molar-refractivity contribution < 1.29 is 0 Å². The number of nitrogens with zero attached hydrogens (tertiary/aromatic N) is 2. The normalized spacial score (nSPS) is 10.5. The van der Waals surface area contributed by atoms with Gasteiger partial charge in [-0.2, -0.15) is 5.26 Å². The molecule has 0 saturated heterocycles. The number of rotatable bonds is 1. The maximum atomic E-state index is 12.7. The number of nitrogens with two attached hydrogens (primary N) is 1. The summed E-state index contributed by atoms with van der Waals surface area (Å²) in [7, 11) is 0. The van der Waals surface area contributed by atoms with Crippen molar-refractivity contribution in [3.63, 3.8) is 0 Å². The molecule has 0 bridgehead atoms. The number of anilines is 1. The number of hydrogen-bond donors (Lipinski definition) is 1. The van der Waals surface area contributed by atoms with Gasteiger partial charge in [-0.05, 0) is 25.1 Å². The summed E-state index contributed by atoms with van der Waals surface area (Å²) in [4.78, 5) is 12.7. The van der Waals surface area contributed by atoms with Crippen molar-refractivity contribution in [1.82, 2.24) is 4.57 Å². The number of nitriles is 1. The third-order valence-electron chi connectivity index (χ3n) is 3.53. The van der Waals surface area contributed by atoms with Crippen LogP contribution in [0.15, 0.2) is 53.3 Å². The molecule has 1 aromatic heterocycles. The molecule has 0 aliphatic carbocycles. The molecule has 0 atom stereocenters. The molecule has 21 heavy (non-hydrogen) atoms. The summed E-state index contributed by atoms with van der Waals surface area (Å²) in [5.41, 5.74) is 7.93. The first-order valence-electron chi connectivity index (χ1n) is 6.54. The summed E-state index contributed by atoms with van der Waals surface area (Å²) in [6, 6.07) is 16.6. The molecule has 0 aliphatic rings. The third-order valence-corrected chi connectivity index (χ3v) is 3.53. The van der Waals surface area contributed by atoms with Gasteiger partial charge in [-0.1, -0.05) is 35.9 Å². The van der Waals surface area contributed by atoms with E-state index in [0.29, 0.717) is 22.0 Å². The van der Waals surface area contributed by atoms with E-state index in [2.05, 4.69) is 6.07 Å². The lowest BCUT2D eigenvalue weighted by atomic mass is 10.1. The minimum atomic E-state index is -0.217. The van der Waals surface area contributed by atoms with Gasteiger partial charge >= 0.3 is 0 Å². The molecule has 0 radical (unpaired) electrons. The van der Waals surface area contributed by atoms with Crippen LogP contribution in [-0.2, 0) is 0 Å². The van der Waals surface area contributed by atoms with Gasteiger partial charge in [0.2, 0.25) is 0 Å². The van der Waals surface area contributed by atoms with Crippen molar-refractivity contribution in [2.45, 2.75) is 6.92 Å². The van der Waals surface area contributed by atoms with Crippen LogP contribution < -0.4 is 11.3 Å².